The van der Waals surface area contributed by atoms with Gasteiger partial charge in [-0.05, 0) is 31.0 Å². The lowest BCUT2D eigenvalue weighted by molar-refractivity contribution is -0.126. The van der Waals surface area contributed by atoms with E-state index in [1.165, 1.54) is 25.1 Å². The Labute approximate surface area is 121 Å². The van der Waals surface area contributed by atoms with Crippen LogP contribution in [0.2, 0.25) is 0 Å². The van der Waals surface area contributed by atoms with Crippen molar-refractivity contribution in [1.82, 2.24) is 0 Å². The number of anilines is 2. The van der Waals surface area contributed by atoms with E-state index in [4.69, 9.17) is 10.5 Å². The fourth-order valence-electron chi connectivity index (χ4n) is 2.19. The first-order chi connectivity index (χ1) is 9.99. The smallest absolute Gasteiger partial charge is 0.253 e. The fourth-order valence-corrected chi connectivity index (χ4v) is 2.19. The van der Waals surface area contributed by atoms with Crippen molar-refractivity contribution < 1.29 is 18.7 Å². The molecule has 0 spiro atoms. The molecule has 0 aliphatic carbocycles. The zero-order chi connectivity index (χ0) is 15.4. The van der Waals surface area contributed by atoms with Crippen molar-refractivity contribution >= 4 is 23.2 Å². The minimum Gasteiger partial charge on any atom is -0.364 e. The van der Waals surface area contributed by atoms with Crippen LogP contribution < -0.4 is 16.4 Å². The van der Waals surface area contributed by atoms with Crippen LogP contribution in [0.25, 0.3) is 0 Å². The normalized spacial score (nSPS) is 21.1. The van der Waals surface area contributed by atoms with Gasteiger partial charge in [-0.2, -0.15) is 0 Å². The molecule has 1 heterocycles. The summed E-state index contributed by atoms with van der Waals surface area (Å²) >= 11 is 0. The molecule has 1 aliphatic rings. The van der Waals surface area contributed by atoms with Crippen LogP contribution in [0.3, 0.4) is 0 Å². The number of halogens is 1. The first-order valence-electron chi connectivity index (χ1n) is 6.73. The minimum absolute atomic E-state index is 0.00560. The third-order valence-electron chi connectivity index (χ3n) is 3.21. The molecule has 2 atom stereocenters. The molecule has 0 saturated carbocycles. The summed E-state index contributed by atoms with van der Waals surface area (Å²) in [6.07, 6.45) is 0.516. The molecule has 2 rings (SSSR count). The monoisotopic (exact) mass is 295 g/mol. The molecule has 1 aromatic carbocycles. The van der Waals surface area contributed by atoms with E-state index in [1.807, 2.05) is 0 Å². The lowest BCUT2D eigenvalue weighted by atomic mass is 10.2. The number of nitrogens with two attached hydrogens (primary N) is 1. The van der Waals surface area contributed by atoms with Crippen molar-refractivity contribution in [2.45, 2.75) is 32.0 Å². The highest BCUT2D eigenvalue weighted by Gasteiger charge is 2.30. The molecule has 1 fully saturated rings. The standard InChI is InChI=1S/C14H18FN3O3/c1-8(19)17-9-2-4-11(15)12(6-9)18-14(20)13-5-3-10(7-16)21-13/h2,4,6,10,13H,3,5,7,16H2,1H3,(H,17,19)(H,18,20)/t10-,13+/m1/s1. The van der Waals surface area contributed by atoms with Crippen LogP contribution >= 0.6 is 0 Å². The summed E-state index contributed by atoms with van der Waals surface area (Å²) in [5.74, 6) is -1.26. The number of benzene rings is 1. The Morgan fingerprint density at radius 2 is 2.14 bits per heavy atom. The summed E-state index contributed by atoms with van der Waals surface area (Å²) in [5.41, 5.74) is 5.90. The molecule has 1 aromatic rings. The topological polar surface area (TPSA) is 93.5 Å². The maximum Gasteiger partial charge on any atom is 0.253 e. The van der Waals surface area contributed by atoms with Crippen LogP contribution in [0, 0.1) is 5.82 Å². The summed E-state index contributed by atoms with van der Waals surface area (Å²) < 4.78 is 19.2. The number of hydrogen-bond acceptors (Lipinski definition) is 4. The van der Waals surface area contributed by atoms with Crippen LogP contribution in [0.4, 0.5) is 15.8 Å². The number of hydrogen-bond donors (Lipinski definition) is 3. The number of carbonyl (C=O) groups excluding carboxylic acids is 2. The minimum atomic E-state index is -0.623. The van der Waals surface area contributed by atoms with Crippen LogP contribution in [0.15, 0.2) is 18.2 Å². The highest BCUT2D eigenvalue weighted by molar-refractivity contribution is 5.96. The van der Waals surface area contributed by atoms with Crippen molar-refractivity contribution in [3.05, 3.63) is 24.0 Å². The predicted octanol–water partition coefficient (Wildman–Crippen LogP) is 1.23. The van der Waals surface area contributed by atoms with Gasteiger partial charge in [-0.3, -0.25) is 9.59 Å². The van der Waals surface area contributed by atoms with E-state index in [0.717, 1.165) is 0 Å². The molecular weight excluding hydrogens is 277 g/mol. The molecular formula is C14H18FN3O3. The average Bonchev–Trinajstić information content (AvgIpc) is 2.91. The zero-order valence-electron chi connectivity index (χ0n) is 11.7. The molecule has 114 valence electrons. The summed E-state index contributed by atoms with van der Waals surface area (Å²) in [4.78, 5) is 23.0. The third kappa shape index (κ3) is 3.99. The molecule has 0 unspecified atom stereocenters. The van der Waals surface area contributed by atoms with E-state index in [2.05, 4.69) is 10.6 Å². The number of carbonyl (C=O) groups is 2. The van der Waals surface area contributed by atoms with Crippen molar-refractivity contribution in [3.63, 3.8) is 0 Å². The van der Waals surface area contributed by atoms with Crippen molar-refractivity contribution in [2.75, 3.05) is 17.2 Å². The first-order valence-corrected chi connectivity index (χ1v) is 6.73. The van der Waals surface area contributed by atoms with Crippen molar-refractivity contribution in [1.29, 1.82) is 0 Å². The van der Waals surface area contributed by atoms with Gasteiger partial charge in [-0.25, -0.2) is 4.39 Å². The Morgan fingerprint density at radius 1 is 1.38 bits per heavy atom. The summed E-state index contributed by atoms with van der Waals surface area (Å²) in [7, 11) is 0. The summed E-state index contributed by atoms with van der Waals surface area (Å²) in [6, 6.07) is 3.96. The second-order valence-corrected chi connectivity index (χ2v) is 4.92. The highest BCUT2D eigenvalue weighted by atomic mass is 19.1. The van der Waals surface area contributed by atoms with Gasteiger partial charge in [-0.15, -0.1) is 0 Å². The van der Waals surface area contributed by atoms with Gasteiger partial charge in [0.05, 0.1) is 11.8 Å². The molecule has 0 bridgehead atoms. The number of rotatable bonds is 4. The number of amides is 2. The van der Waals surface area contributed by atoms with Gasteiger partial charge < -0.3 is 21.1 Å². The Bertz CT molecular complexity index is 550. The van der Waals surface area contributed by atoms with E-state index in [0.29, 0.717) is 25.1 Å². The Morgan fingerprint density at radius 3 is 2.76 bits per heavy atom. The van der Waals surface area contributed by atoms with Gasteiger partial charge >= 0.3 is 0 Å². The van der Waals surface area contributed by atoms with Crippen LogP contribution in [0.1, 0.15) is 19.8 Å². The Balaban J connectivity index is 2.04. The van der Waals surface area contributed by atoms with Gasteiger partial charge in [-0.1, -0.05) is 0 Å². The second-order valence-electron chi connectivity index (χ2n) is 4.92. The van der Waals surface area contributed by atoms with Crippen LogP contribution in [-0.4, -0.2) is 30.6 Å². The third-order valence-corrected chi connectivity index (χ3v) is 3.21. The van der Waals surface area contributed by atoms with E-state index in [1.54, 1.807) is 0 Å². The van der Waals surface area contributed by atoms with E-state index in [-0.39, 0.29) is 17.7 Å². The molecule has 6 nitrogen and oxygen atoms in total. The van der Waals surface area contributed by atoms with Crippen molar-refractivity contribution in [2.24, 2.45) is 5.73 Å². The average molecular weight is 295 g/mol. The van der Waals surface area contributed by atoms with E-state index in [9.17, 15) is 14.0 Å². The SMILES string of the molecule is CC(=O)Nc1ccc(F)c(NC(=O)[C@@H]2CC[C@H](CN)O2)c1. The molecule has 1 aliphatic heterocycles. The lowest BCUT2D eigenvalue weighted by Gasteiger charge is -2.14. The van der Waals surface area contributed by atoms with Crippen LogP contribution in [0.5, 0.6) is 0 Å². The number of nitrogens with one attached hydrogen (secondary N) is 2. The van der Waals surface area contributed by atoms with Crippen LogP contribution in [-0.2, 0) is 14.3 Å². The molecule has 2 amide bonds. The Kier molecular flexibility index (Phi) is 4.87. The lowest BCUT2D eigenvalue weighted by Crippen LogP contribution is -2.30. The predicted molar refractivity (Wildman–Crippen MR) is 76.3 cm³/mol. The molecule has 4 N–H and O–H groups in total. The van der Waals surface area contributed by atoms with E-state index >= 15 is 0 Å². The maximum atomic E-state index is 13.7. The van der Waals surface area contributed by atoms with E-state index < -0.39 is 17.8 Å². The molecule has 21 heavy (non-hydrogen) atoms. The molecule has 1 saturated heterocycles. The highest BCUT2D eigenvalue weighted by Crippen LogP contribution is 2.23. The van der Waals surface area contributed by atoms with Gasteiger partial charge in [0.1, 0.15) is 11.9 Å². The quantitative estimate of drug-likeness (QED) is 0.779. The second kappa shape index (κ2) is 6.64. The van der Waals surface area contributed by atoms with Gasteiger partial charge in [0, 0.05) is 19.2 Å². The Hall–Kier alpha value is -1.99. The zero-order valence-corrected chi connectivity index (χ0v) is 11.7. The maximum absolute atomic E-state index is 13.7. The summed E-state index contributed by atoms with van der Waals surface area (Å²) in [5, 5.41) is 5.01. The molecule has 0 aromatic heterocycles. The van der Waals surface area contributed by atoms with Gasteiger partial charge in [0.2, 0.25) is 5.91 Å². The fraction of sp³-hybridized carbons (Fsp3) is 0.429. The van der Waals surface area contributed by atoms with Crippen molar-refractivity contribution in [3.8, 4) is 0 Å². The first kappa shape index (κ1) is 15.4. The largest absolute Gasteiger partial charge is 0.364 e. The molecule has 7 heteroatoms. The summed E-state index contributed by atoms with van der Waals surface area (Å²) in [6.45, 7) is 1.71. The van der Waals surface area contributed by atoms with Gasteiger partial charge in [0.15, 0.2) is 0 Å². The number of ether oxygens (including phenoxy) is 1. The van der Waals surface area contributed by atoms with Gasteiger partial charge in [0.25, 0.3) is 5.91 Å². The molecule has 0 radical (unpaired) electrons.